The maximum absolute atomic E-state index is 12.7. The fourth-order valence-corrected chi connectivity index (χ4v) is 6.30. The minimum absolute atomic E-state index is 0.0450. The molecular formula is C50H84NO8P. The molecular weight excluding hydrogens is 774 g/mol. The van der Waals surface area contributed by atoms with E-state index in [4.69, 9.17) is 18.5 Å². The minimum Gasteiger partial charge on any atom is -0.756 e. The van der Waals surface area contributed by atoms with Crippen LogP contribution in [0.5, 0.6) is 0 Å². The molecule has 9 nitrogen and oxygen atoms in total. The Bertz CT molecular complexity index is 1340. The van der Waals surface area contributed by atoms with Crippen LogP contribution >= 0.6 is 7.82 Å². The van der Waals surface area contributed by atoms with Crippen molar-refractivity contribution in [3.8, 4) is 0 Å². The van der Waals surface area contributed by atoms with Crippen molar-refractivity contribution < 1.29 is 42.1 Å². The number of likely N-dealkylation sites (N-methyl/N-ethyl adjacent to an activating group) is 1. The Labute approximate surface area is 366 Å². The number of hydrogen-bond donors (Lipinski definition) is 0. The topological polar surface area (TPSA) is 111 Å². The Kier molecular flexibility index (Phi) is 39.2. The van der Waals surface area contributed by atoms with E-state index in [1.54, 1.807) is 0 Å². The van der Waals surface area contributed by atoms with Crippen molar-refractivity contribution >= 4 is 19.8 Å². The van der Waals surface area contributed by atoms with Crippen molar-refractivity contribution in [3.63, 3.8) is 0 Å². The van der Waals surface area contributed by atoms with Crippen molar-refractivity contribution in [1.82, 2.24) is 0 Å². The van der Waals surface area contributed by atoms with Crippen LogP contribution in [0.1, 0.15) is 155 Å². The largest absolute Gasteiger partial charge is 0.756 e. The van der Waals surface area contributed by atoms with Crippen LogP contribution in [0.15, 0.2) is 97.2 Å². The summed E-state index contributed by atoms with van der Waals surface area (Å²) in [5.41, 5.74) is 0. The molecule has 0 amide bonds. The van der Waals surface area contributed by atoms with Crippen LogP contribution in [0.2, 0.25) is 0 Å². The Hall–Kier alpha value is -3.07. The van der Waals surface area contributed by atoms with E-state index >= 15 is 0 Å². The Morgan fingerprint density at radius 3 is 1.37 bits per heavy atom. The SMILES string of the molecule is CC/C=C\C/C=C\C/C=C\C/C=C\CCCCCCCCCCC(=O)OC(COC(=O)CCCC/C=C\C/C=C\C/C=C\C/C=C\CC)COP(=O)([O-])OCC[N+](C)(C)C. The quantitative estimate of drug-likeness (QED) is 0.0197. The van der Waals surface area contributed by atoms with E-state index in [1.807, 2.05) is 21.1 Å². The normalized spacial score (nSPS) is 14.4. The Morgan fingerprint density at radius 2 is 0.900 bits per heavy atom. The van der Waals surface area contributed by atoms with Crippen LogP contribution in [0.4, 0.5) is 0 Å². The highest BCUT2D eigenvalue weighted by Crippen LogP contribution is 2.38. The molecule has 0 heterocycles. The molecule has 0 N–H and O–H groups in total. The number of phosphoric acid groups is 1. The molecule has 2 unspecified atom stereocenters. The Balaban J connectivity index is 4.40. The van der Waals surface area contributed by atoms with E-state index < -0.39 is 32.5 Å². The third-order valence-corrected chi connectivity index (χ3v) is 10.1. The second-order valence-corrected chi connectivity index (χ2v) is 17.4. The molecule has 60 heavy (non-hydrogen) atoms. The van der Waals surface area contributed by atoms with Gasteiger partial charge in [0.25, 0.3) is 7.82 Å². The van der Waals surface area contributed by atoms with Crippen molar-refractivity contribution in [1.29, 1.82) is 0 Å². The molecule has 0 radical (unpaired) electrons. The number of allylic oxidation sites excluding steroid dienone is 16. The molecule has 0 spiro atoms. The van der Waals surface area contributed by atoms with E-state index in [1.165, 1.54) is 25.7 Å². The van der Waals surface area contributed by atoms with Gasteiger partial charge in [0, 0.05) is 12.8 Å². The van der Waals surface area contributed by atoms with Gasteiger partial charge in [0.05, 0.1) is 27.7 Å². The number of unbranched alkanes of at least 4 members (excludes halogenated alkanes) is 10. The molecule has 0 saturated carbocycles. The van der Waals surface area contributed by atoms with Crippen LogP contribution in [0.25, 0.3) is 0 Å². The smallest absolute Gasteiger partial charge is 0.306 e. The Morgan fingerprint density at radius 1 is 0.517 bits per heavy atom. The molecule has 0 aromatic carbocycles. The van der Waals surface area contributed by atoms with Gasteiger partial charge in [-0.1, -0.05) is 150 Å². The highest BCUT2D eigenvalue weighted by molar-refractivity contribution is 7.45. The number of carbonyl (C=O) groups excluding carboxylic acids is 2. The van der Waals surface area contributed by atoms with E-state index in [0.717, 1.165) is 89.9 Å². The first-order valence-electron chi connectivity index (χ1n) is 22.9. The van der Waals surface area contributed by atoms with Gasteiger partial charge in [-0.05, 0) is 89.9 Å². The van der Waals surface area contributed by atoms with Gasteiger partial charge in [0.2, 0.25) is 0 Å². The van der Waals surface area contributed by atoms with Gasteiger partial charge in [0.15, 0.2) is 6.10 Å². The lowest BCUT2D eigenvalue weighted by Gasteiger charge is -2.28. The first-order valence-corrected chi connectivity index (χ1v) is 24.4. The number of quaternary nitrogens is 1. The summed E-state index contributed by atoms with van der Waals surface area (Å²) in [5.74, 6) is -0.902. The predicted octanol–water partition coefficient (Wildman–Crippen LogP) is 12.7. The summed E-state index contributed by atoms with van der Waals surface area (Å²) in [5, 5.41) is 0. The number of ether oxygens (including phenoxy) is 2. The third kappa shape index (κ3) is 44.5. The summed E-state index contributed by atoms with van der Waals surface area (Å²) < 4.78 is 33.9. The molecule has 0 rings (SSSR count). The molecule has 0 fully saturated rings. The maximum Gasteiger partial charge on any atom is 0.306 e. The predicted molar refractivity (Wildman–Crippen MR) is 249 cm³/mol. The van der Waals surface area contributed by atoms with Gasteiger partial charge >= 0.3 is 11.9 Å². The van der Waals surface area contributed by atoms with Crippen molar-refractivity contribution in [3.05, 3.63) is 97.2 Å². The number of hydrogen-bond acceptors (Lipinski definition) is 8. The monoisotopic (exact) mass is 858 g/mol. The fourth-order valence-electron chi connectivity index (χ4n) is 5.58. The zero-order valence-electron chi connectivity index (χ0n) is 38.4. The summed E-state index contributed by atoms with van der Waals surface area (Å²) in [7, 11) is 1.12. The highest BCUT2D eigenvalue weighted by atomic mass is 31.2. The number of phosphoric ester groups is 1. The molecule has 2 atom stereocenters. The molecule has 0 aromatic heterocycles. The number of carbonyl (C=O) groups is 2. The standard InChI is InChI=1S/C50H84NO8P/c1-6-8-10-12-14-16-18-20-22-23-24-25-26-27-29-31-33-35-37-39-41-43-50(53)59-48(47-58-60(54,55)57-45-44-51(3,4)5)46-56-49(52)42-40-38-36-34-32-30-28-21-19-17-15-13-11-9-7-2/h8-11,14-17,20-22,24-25,28,32,34,48H,6-7,12-13,18-19,23,26-27,29-31,33,35-47H2,1-5H3/b10-8-,11-9-,16-14-,17-15-,22-20-,25-24-,28-21-,34-32-. The van der Waals surface area contributed by atoms with Gasteiger partial charge in [0.1, 0.15) is 19.8 Å². The van der Waals surface area contributed by atoms with Crippen molar-refractivity contribution in [2.45, 2.75) is 161 Å². The highest BCUT2D eigenvalue weighted by Gasteiger charge is 2.21. The lowest BCUT2D eigenvalue weighted by Crippen LogP contribution is -2.37. The van der Waals surface area contributed by atoms with Gasteiger partial charge in [-0.25, -0.2) is 0 Å². The number of nitrogens with zero attached hydrogens (tertiary/aromatic N) is 1. The van der Waals surface area contributed by atoms with E-state index in [0.29, 0.717) is 23.9 Å². The zero-order valence-corrected chi connectivity index (χ0v) is 39.3. The van der Waals surface area contributed by atoms with Crippen LogP contribution in [0.3, 0.4) is 0 Å². The van der Waals surface area contributed by atoms with E-state index in [9.17, 15) is 19.0 Å². The van der Waals surface area contributed by atoms with Crippen LogP contribution in [-0.4, -0.2) is 70.0 Å². The second kappa shape index (κ2) is 41.3. The van der Waals surface area contributed by atoms with Gasteiger partial charge < -0.3 is 27.9 Å². The molecule has 0 saturated heterocycles. The number of rotatable bonds is 40. The molecule has 342 valence electrons. The van der Waals surface area contributed by atoms with E-state index in [2.05, 4.69) is 111 Å². The van der Waals surface area contributed by atoms with Crippen LogP contribution < -0.4 is 4.89 Å². The molecule has 0 bridgehead atoms. The van der Waals surface area contributed by atoms with Crippen LogP contribution in [0, 0.1) is 0 Å². The summed E-state index contributed by atoms with van der Waals surface area (Å²) in [6.07, 6.45) is 54.4. The fraction of sp³-hybridized carbons (Fsp3) is 0.640. The van der Waals surface area contributed by atoms with Gasteiger partial charge in [-0.2, -0.15) is 0 Å². The lowest BCUT2D eigenvalue weighted by atomic mass is 10.1. The van der Waals surface area contributed by atoms with Crippen LogP contribution in [-0.2, 0) is 32.7 Å². The molecule has 0 aliphatic rings. The minimum atomic E-state index is -4.65. The average molecular weight is 858 g/mol. The first kappa shape index (κ1) is 56.9. The van der Waals surface area contributed by atoms with Gasteiger partial charge in [-0.15, -0.1) is 0 Å². The second-order valence-electron chi connectivity index (χ2n) is 16.0. The van der Waals surface area contributed by atoms with E-state index in [-0.39, 0.29) is 26.1 Å². The molecule has 0 aliphatic heterocycles. The molecule has 0 aliphatic carbocycles. The lowest BCUT2D eigenvalue weighted by molar-refractivity contribution is -0.870. The number of esters is 2. The zero-order chi connectivity index (χ0) is 44.3. The average Bonchev–Trinajstić information content (AvgIpc) is 3.20. The molecule has 10 heteroatoms. The summed E-state index contributed by atoms with van der Waals surface area (Å²) in [4.78, 5) is 37.6. The first-order chi connectivity index (χ1) is 29.0. The van der Waals surface area contributed by atoms with Gasteiger partial charge in [-0.3, -0.25) is 14.2 Å². The molecule has 0 aromatic rings. The summed E-state index contributed by atoms with van der Waals surface area (Å²) in [6, 6.07) is 0. The maximum atomic E-state index is 12.7. The van der Waals surface area contributed by atoms with Crippen molar-refractivity contribution in [2.75, 3.05) is 47.5 Å². The third-order valence-electron chi connectivity index (χ3n) is 9.10. The van der Waals surface area contributed by atoms with Crippen molar-refractivity contribution in [2.24, 2.45) is 0 Å². The summed E-state index contributed by atoms with van der Waals surface area (Å²) >= 11 is 0. The summed E-state index contributed by atoms with van der Waals surface area (Å²) in [6.45, 7) is 3.92.